The van der Waals surface area contributed by atoms with Crippen LogP contribution in [0.4, 0.5) is 4.39 Å². The van der Waals surface area contributed by atoms with E-state index in [0.717, 1.165) is 5.56 Å². The van der Waals surface area contributed by atoms with Gasteiger partial charge < -0.3 is 19.7 Å². The minimum absolute atomic E-state index is 0.195. The van der Waals surface area contributed by atoms with Gasteiger partial charge >= 0.3 is 0 Å². The second-order valence-corrected chi connectivity index (χ2v) is 7.68. The van der Waals surface area contributed by atoms with E-state index in [4.69, 9.17) is 9.47 Å². The zero-order valence-electron chi connectivity index (χ0n) is 18.6. The Labute approximate surface area is 183 Å². The lowest BCUT2D eigenvalue weighted by Crippen LogP contribution is -2.50. The molecule has 2 amide bonds. The molecule has 0 aromatic heterocycles. The first-order valence-corrected chi connectivity index (χ1v) is 10.4. The Bertz CT molecular complexity index is 838. The maximum atomic E-state index is 13.1. The molecule has 0 fully saturated rings. The van der Waals surface area contributed by atoms with Gasteiger partial charge in [0.15, 0.2) is 6.61 Å². The van der Waals surface area contributed by atoms with Crippen LogP contribution in [0.15, 0.2) is 48.5 Å². The lowest BCUT2D eigenvalue weighted by Gasteiger charge is -2.30. The normalized spacial score (nSPS) is 11.7. The van der Waals surface area contributed by atoms with Crippen LogP contribution in [0.1, 0.15) is 32.8 Å². The summed E-state index contributed by atoms with van der Waals surface area (Å²) < 4.78 is 23.8. The standard InChI is InChI=1S/C24H31FN2O4/c1-5-22(24(29)26-14-17(2)3)27(15-18-6-10-20(30-4)11-7-18)23(28)16-31-21-12-8-19(25)9-13-21/h6-13,17,22H,5,14-16H2,1-4H3,(H,26,29)/t22-/m0/s1. The van der Waals surface area contributed by atoms with Crippen molar-refractivity contribution in [2.24, 2.45) is 5.92 Å². The number of halogens is 1. The zero-order valence-corrected chi connectivity index (χ0v) is 18.6. The van der Waals surface area contributed by atoms with Gasteiger partial charge in [0.25, 0.3) is 5.91 Å². The summed E-state index contributed by atoms with van der Waals surface area (Å²) in [4.78, 5) is 27.4. The minimum atomic E-state index is -0.634. The summed E-state index contributed by atoms with van der Waals surface area (Å²) in [6.07, 6.45) is 0.461. The van der Waals surface area contributed by atoms with Gasteiger partial charge in [-0.3, -0.25) is 9.59 Å². The zero-order chi connectivity index (χ0) is 22.8. The number of hydrogen-bond acceptors (Lipinski definition) is 4. The Morgan fingerprint density at radius 1 is 1.03 bits per heavy atom. The minimum Gasteiger partial charge on any atom is -0.497 e. The van der Waals surface area contributed by atoms with Gasteiger partial charge in [-0.2, -0.15) is 0 Å². The third-order valence-electron chi connectivity index (χ3n) is 4.76. The fraction of sp³-hybridized carbons (Fsp3) is 0.417. The number of rotatable bonds is 11. The van der Waals surface area contributed by atoms with Crippen molar-refractivity contribution in [1.29, 1.82) is 0 Å². The number of nitrogens with zero attached hydrogens (tertiary/aromatic N) is 1. The Kier molecular flexibility index (Phi) is 9.31. The second-order valence-electron chi connectivity index (χ2n) is 7.68. The van der Waals surface area contributed by atoms with Crippen molar-refractivity contribution in [2.45, 2.75) is 39.8 Å². The molecule has 1 N–H and O–H groups in total. The highest BCUT2D eigenvalue weighted by Gasteiger charge is 2.29. The molecule has 0 aliphatic carbocycles. The molecule has 0 aliphatic rings. The Hall–Kier alpha value is -3.09. The van der Waals surface area contributed by atoms with Crippen LogP contribution < -0.4 is 14.8 Å². The molecule has 0 unspecified atom stereocenters. The molecule has 0 bridgehead atoms. The number of carbonyl (C=O) groups is 2. The monoisotopic (exact) mass is 430 g/mol. The molecule has 1 atom stereocenters. The smallest absolute Gasteiger partial charge is 0.261 e. The molecule has 0 spiro atoms. The van der Waals surface area contributed by atoms with Crippen LogP contribution in [0.5, 0.6) is 11.5 Å². The Morgan fingerprint density at radius 2 is 1.65 bits per heavy atom. The average Bonchev–Trinajstić information content (AvgIpc) is 2.77. The summed E-state index contributed by atoms with van der Waals surface area (Å²) in [5, 5.41) is 2.92. The van der Waals surface area contributed by atoms with Crippen molar-refractivity contribution in [3.05, 3.63) is 59.9 Å². The number of benzene rings is 2. The van der Waals surface area contributed by atoms with E-state index in [1.165, 1.54) is 29.2 Å². The van der Waals surface area contributed by atoms with Gasteiger partial charge in [-0.05, 0) is 54.3 Å². The van der Waals surface area contributed by atoms with Crippen molar-refractivity contribution in [3.63, 3.8) is 0 Å². The van der Waals surface area contributed by atoms with Crippen molar-refractivity contribution >= 4 is 11.8 Å². The molecular formula is C24H31FN2O4. The van der Waals surface area contributed by atoms with Gasteiger partial charge in [-0.25, -0.2) is 4.39 Å². The number of hydrogen-bond donors (Lipinski definition) is 1. The molecule has 7 heteroatoms. The fourth-order valence-corrected chi connectivity index (χ4v) is 3.03. The summed E-state index contributed by atoms with van der Waals surface area (Å²) in [6.45, 7) is 6.43. The van der Waals surface area contributed by atoms with Crippen LogP contribution in [0.3, 0.4) is 0 Å². The van der Waals surface area contributed by atoms with Gasteiger partial charge in [-0.15, -0.1) is 0 Å². The summed E-state index contributed by atoms with van der Waals surface area (Å²) >= 11 is 0. The molecule has 0 saturated carbocycles. The van der Waals surface area contributed by atoms with Crippen LogP contribution in [0.2, 0.25) is 0 Å². The fourth-order valence-electron chi connectivity index (χ4n) is 3.03. The molecular weight excluding hydrogens is 399 g/mol. The molecule has 0 aliphatic heterocycles. The predicted octanol–water partition coefficient (Wildman–Crippen LogP) is 3.79. The first-order chi connectivity index (χ1) is 14.8. The average molecular weight is 431 g/mol. The SMILES string of the molecule is CC[C@@H](C(=O)NCC(C)C)N(Cc1ccc(OC)cc1)C(=O)COc1ccc(F)cc1. The van der Waals surface area contributed by atoms with Crippen LogP contribution in [0, 0.1) is 11.7 Å². The lowest BCUT2D eigenvalue weighted by atomic mass is 10.1. The van der Waals surface area contributed by atoms with E-state index in [1.54, 1.807) is 7.11 Å². The molecule has 168 valence electrons. The largest absolute Gasteiger partial charge is 0.497 e. The van der Waals surface area contributed by atoms with Crippen LogP contribution in [0.25, 0.3) is 0 Å². The van der Waals surface area contributed by atoms with E-state index in [-0.39, 0.29) is 30.8 Å². The van der Waals surface area contributed by atoms with Crippen molar-refractivity contribution in [3.8, 4) is 11.5 Å². The van der Waals surface area contributed by atoms with E-state index < -0.39 is 6.04 Å². The third-order valence-corrected chi connectivity index (χ3v) is 4.76. The molecule has 2 aromatic carbocycles. The highest BCUT2D eigenvalue weighted by atomic mass is 19.1. The molecule has 2 aromatic rings. The lowest BCUT2D eigenvalue weighted by molar-refractivity contribution is -0.143. The van der Waals surface area contributed by atoms with Crippen molar-refractivity contribution in [2.75, 3.05) is 20.3 Å². The Morgan fingerprint density at radius 3 is 2.19 bits per heavy atom. The van der Waals surface area contributed by atoms with Crippen LogP contribution in [-0.4, -0.2) is 43.0 Å². The number of nitrogens with one attached hydrogen (secondary N) is 1. The number of ether oxygens (including phenoxy) is 2. The Balaban J connectivity index is 2.18. The first kappa shape index (κ1) is 24.2. The summed E-state index contributed by atoms with van der Waals surface area (Å²) in [7, 11) is 1.59. The van der Waals surface area contributed by atoms with E-state index in [9.17, 15) is 14.0 Å². The van der Waals surface area contributed by atoms with E-state index in [1.807, 2.05) is 45.0 Å². The highest BCUT2D eigenvalue weighted by Crippen LogP contribution is 2.17. The molecule has 6 nitrogen and oxygen atoms in total. The maximum absolute atomic E-state index is 13.1. The maximum Gasteiger partial charge on any atom is 0.261 e. The van der Waals surface area contributed by atoms with Crippen molar-refractivity contribution < 1.29 is 23.5 Å². The van der Waals surface area contributed by atoms with E-state index in [0.29, 0.717) is 30.4 Å². The number of amides is 2. The van der Waals surface area contributed by atoms with Gasteiger partial charge in [0.2, 0.25) is 5.91 Å². The summed E-state index contributed by atoms with van der Waals surface area (Å²) in [5.41, 5.74) is 0.867. The molecule has 0 heterocycles. The molecule has 0 radical (unpaired) electrons. The first-order valence-electron chi connectivity index (χ1n) is 10.4. The van der Waals surface area contributed by atoms with E-state index in [2.05, 4.69) is 5.32 Å². The molecule has 2 rings (SSSR count). The highest BCUT2D eigenvalue weighted by molar-refractivity contribution is 5.88. The number of methoxy groups -OCH3 is 1. The number of carbonyl (C=O) groups excluding carboxylic acids is 2. The summed E-state index contributed by atoms with van der Waals surface area (Å²) in [6, 6.07) is 12.2. The van der Waals surface area contributed by atoms with E-state index >= 15 is 0 Å². The van der Waals surface area contributed by atoms with Gasteiger partial charge in [-0.1, -0.05) is 32.9 Å². The van der Waals surface area contributed by atoms with Gasteiger partial charge in [0, 0.05) is 13.1 Å². The predicted molar refractivity (Wildman–Crippen MR) is 117 cm³/mol. The van der Waals surface area contributed by atoms with Gasteiger partial charge in [0.05, 0.1) is 7.11 Å². The third kappa shape index (κ3) is 7.59. The quantitative estimate of drug-likeness (QED) is 0.589. The summed E-state index contributed by atoms with van der Waals surface area (Å²) in [5.74, 6) is 0.493. The molecule has 0 saturated heterocycles. The van der Waals surface area contributed by atoms with Crippen molar-refractivity contribution in [1.82, 2.24) is 10.2 Å². The van der Waals surface area contributed by atoms with Gasteiger partial charge in [0.1, 0.15) is 23.4 Å². The molecule has 31 heavy (non-hydrogen) atoms. The topological polar surface area (TPSA) is 67.9 Å². The van der Waals surface area contributed by atoms with Crippen LogP contribution >= 0.6 is 0 Å². The second kappa shape index (κ2) is 11.9. The van der Waals surface area contributed by atoms with Crippen LogP contribution in [-0.2, 0) is 16.1 Å².